The third-order valence-electron chi connectivity index (χ3n) is 4.63. The first-order valence-corrected chi connectivity index (χ1v) is 9.64. The van der Waals surface area contributed by atoms with Crippen molar-refractivity contribution in [2.75, 3.05) is 11.9 Å². The highest BCUT2D eigenvalue weighted by atomic mass is 16.6. The van der Waals surface area contributed by atoms with Crippen molar-refractivity contribution < 1.29 is 19.1 Å². The van der Waals surface area contributed by atoms with Crippen LogP contribution in [0.2, 0.25) is 0 Å². The number of hydrogen-bond acceptors (Lipinski definition) is 5. The third kappa shape index (κ3) is 4.75. The van der Waals surface area contributed by atoms with Crippen LogP contribution in [0.3, 0.4) is 0 Å². The van der Waals surface area contributed by atoms with Gasteiger partial charge in [-0.05, 0) is 29.8 Å². The van der Waals surface area contributed by atoms with Gasteiger partial charge in [0.25, 0.3) is 5.91 Å². The first-order valence-electron chi connectivity index (χ1n) is 9.64. The summed E-state index contributed by atoms with van der Waals surface area (Å²) in [6.45, 7) is 0.0722. The third-order valence-corrected chi connectivity index (χ3v) is 4.63. The minimum atomic E-state index is -0.846. The van der Waals surface area contributed by atoms with Gasteiger partial charge in [-0.2, -0.15) is 0 Å². The second kappa shape index (κ2) is 9.09. The van der Waals surface area contributed by atoms with Gasteiger partial charge in [0, 0.05) is 12.6 Å². The average Bonchev–Trinajstić information content (AvgIpc) is 2.79. The lowest BCUT2D eigenvalue weighted by Crippen LogP contribution is -2.52. The van der Waals surface area contributed by atoms with Gasteiger partial charge in [0.1, 0.15) is 18.5 Å². The number of aromatic nitrogens is 1. The lowest BCUT2D eigenvalue weighted by molar-refractivity contribution is -0.133. The molecule has 30 heavy (non-hydrogen) atoms. The molecule has 2 amide bonds. The molecule has 0 bridgehead atoms. The number of rotatable bonds is 6. The molecule has 2 atom stereocenters. The number of hydrogen-bond donors (Lipinski definition) is 2. The van der Waals surface area contributed by atoms with Crippen molar-refractivity contribution >= 4 is 17.6 Å². The molecular weight excluding hydrogens is 382 g/mol. The Morgan fingerprint density at radius 2 is 1.70 bits per heavy atom. The molecule has 2 heterocycles. The van der Waals surface area contributed by atoms with Gasteiger partial charge >= 0.3 is 0 Å². The van der Waals surface area contributed by atoms with Gasteiger partial charge < -0.3 is 20.1 Å². The Morgan fingerprint density at radius 1 is 0.967 bits per heavy atom. The van der Waals surface area contributed by atoms with E-state index in [2.05, 4.69) is 15.6 Å². The van der Waals surface area contributed by atoms with E-state index in [1.54, 1.807) is 42.6 Å². The van der Waals surface area contributed by atoms with Crippen molar-refractivity contribution in [2.24, 2.45) is 0 Å². The summed E-state index contributed by atoms with van der Waals surface area (Å²) in [5, 5.41) is 5.55. The Hall–Kier alpha value is -3.87. The lowest BCUT2D eigenvalue weighted by Gasteiger charge is -2.27. The molecule has 0 unspecified atom stereocenters. The number of fused-ring (bicyclic) bond motifs is 1. The highest BCUT2D eigenvalue weighted by Gasteiger charge is 2.31. The molecule has 0 radical (unpaired) electrons. The number of carbonyl (C=O) groups excluding carboxylic acids is 2. The molecule has 0 spiro atoms. The lowest BCUT2D eigenvalue weighted by atomic mass is 10.0. The van der Waals surface area contributed by atoms with Gasteiger partial charge in [-0.1, -0.05) is 48.5 Å². The van der Waals surface area contributed by atoms with E-state index in [0.717, 1.165) is 5.56 Å². The molecule has 2 aromatic carbocycles. The topological polar surface area (TPSA) is 89.6 Å². The van der Waals surface area contributed by atoms with Crippen molar-refractivity contribution in [3.8, 4) is 11.5 Å². The van der Waals surface area contributed by atoms with Gasteiger partial charge in [0.2, 0.25) is 12.0 Å². The first-order chi connectivity index (χ1) is 14.7. The van der Waals surface area contributed by atoms with E-state index in [4.69, 9.17) is 9.47 Å². The van der Waals surface area contributed by atoms with Crippen LogP contribution in [0.4, 0.5) is 5.82 Å². The van der Waals surface area contributed by atoms with Crippen LogP contribution in [-0.4, -0.2) is 35.6 Å². The number of nitrogens with one attached hydrogen (secondary N) is 2. The molecule has 1 aliphatic rings. The summed E-state index contributed by atoms with van der Waals surface area (Å²) in [6, 6.07) is 21.1. The molecule has 0 saturated heterocycles. The maximum atomic E-state index is 12.9. The molecule has 2 N–H and O–H groups in total. The highest BCUT2D eigenvalue weighted by Crippen LogP contribution is 2.30. The molecule has 3 aromatic rings. The fourth-order valence-corrected chi connectivity index (χ4v) is 3.12. The quantitative estimate of drug-likeness (QED) is 0.660. The number of nitrogens with zero attached hydrogens (tertiary/aromatic N) is 1. The summed E-state index contributed by atoms with van der Waals surface area (Å²) in [7, 11) is 0. The van der Waals surface area contributed by atoms with E-state index < -0.39 is 18.1 Å². The minimum absolute atomic E-state index is 0.0722. The Morgan fingerprint density at radius 3 is 2.47 bits per heavy atom. The van der Waals surface area contributed by atoms with E-state index in [1.807, 2.05) is 36.4 Å². The molecule has 1 aliphatic heterocycles. The van der Waals surface area contributed by atoms with Crippen molar-refractivity contribution in [3.05, 3.63) is 84.6 Å². The second-order valence-electron chi connectivity index (χ2n) is 6.82. The van der Waals surface area contributed by atoms with Crippen LogP contribution in [0.1, 0.15) is 5.56 Å². The maximum Gasteiger partial charge on any atom is 0.265 e. The summed E-state index contributed by atoms with van der Waals surface area (Å²) in [5.74, 6) is 0.738. The van der Waals surface area contributed by atoms with Crippen LogP contribution >= 0.6 is 0 Å². The molecule has 4 rings (SSSR count). The van der Waals surface area contributed by atoms with Crippen LogP contribution in [0.5, 0.6) is 11.5 Å². The van der Waals surface area contributed by atoms with Crippen LogP contribution in [0.15, 0.2) is 79.0 Å². The Labute approximate surface area is 174 Å². The summed E-state index contributed by atoms with van der Waals surface area (Å²) < 4.78 is 11.4. The standard InChI is InChI=1S/C23H21N3O4/c27-22(26-21-12-6-7-13-24-21)17(14-16-8-2-1-3-9-16)25-23(28)20-15-29-18-10-4-5-11-19(18)30-20/h1-13,17,20H,14-15H2,(H,25,28)(H,24,26,27)/t17-,20+/m1/s1. The van der Waals surface area contributed by atoms with Crippen molar-refractivity contribution in [1.82, 2.24) is 10.3 Å². The molecule has 152 valence electrons. The van der Waals surface area contributed by atoms with E-state index in [9.17, 15) is 9.59 Å². The Kier molecular flexibility index (Phi) is 5.89. The predicted octanol–water partition coefficient (Wildman–Crippen LogP) is 2.59. The van der Waals surface area contributed by atoms with Crippen LogP contribution in [0, 0.1) is 0 Å². The van der Waals surface area contributed by atoms with E-state index in [-0.39, 0.29) is 12.5 Å². The maximum absolute atomic E-state index is 12.9. The van der Waals surface area contributed by atoms with Gasteiger partial charge in [-0.3, -0.25) is 9.59 Å². The molecule has 0 fully saturated rings. The monoisotopic (exact) mass is 403 g/mol. The summed E-state index contributed by atoms with van der Waals surface area (Å²) in [5.41, 5.74) is 0.921. The number of carbonyl (C=O) groups is 2. The van der Waals surface area contributed by atoms with Gasteiger partial charge in [-0.15, -0.1) is 0 Å². The van der Waals surface area contributed by atoms with E-state index in [1.165, 1.54) is 0 Å². The SMILES string of the molecule is O=C(N[C@H](Cc1ccccc1)C(=O)Nc1ccccn1)[C@@H]1COc2ccccc2O1. The number of amides is 2. The number of ether oxygens (including phenoxy) is 2. The molecule has 7 heteroatoms. The molecule has 7 nitrogen and oxygen atoms in total. The zero-order valence-electron chi connectivity index (χ0n) is 16.2. The van der Waals surface area contributed by atoms with Gasteiger partial charge in [0.15, 0.2) is 11.5 Å². The normalized spacial score (nSPS) is 15.7. The Balaban J connectivity index is 1.47. The molecule has 1 aromatic heterocycles. The van der Waals surface area contributed by atoms with E-state index in [0.29, 0.717) is 23.7 Å². The summed E-state index contributed by atoms with van der Waals surface area (Å²) >= 11 is 0. The van der Waals surface area contributed by atoms with Gasteiger partial charge in [-0.25, -0.2) is 4.98 Å². The number of anilines is 1. The molecular formula is C23H21N3O4. The zero-order chi connectivity index (χ0) is 20.8. The highest BCUT2D eigenvalue weighted by molar-refractivity contribution is 5.97. The number of para-hydroxylation sites is 2. The predicted molar refractivity (Wildman–Crippen MR) is 111 cm³/mol. The largest absolute Gasteiger partial charge is 0.485 e. The van der Waals surface area contributed by atoms with E-state index >= 15 is 0 Å². The fourth-order valence-electron chi connectivity index (χ4n) is 3.12. The smallest absolute Gasteiger partial charge is 0.265 e. The van der Waals surface area contributed by atoms with Crippen LogP contribution in [-0.2, 0) is 16.0 Å². The summed E-state index contributed by atoms with van der Waals surface area (Å²) in [4.78, 5) is 29.9. The number of pyridine rings is 1. The number of benzene rings is 2. The minimum Gasteiger partial charge on any atom is -0.485 e. The van der Waals surface area contributed by atoms with Gasteiger partial charge in [0.05, 0.1) is 0 Å². The van der Waals surface area contributed by atoms with Crippen molar-refractivity contribution in [1.29, 1.82) is 0 Å². The molecule has 0 aliphatic carbocycles. The zero-order valence-corrected chi connectivity index (χ0v) is 16.2. The van der Waals surface area contributed by atoms with Crippen molar-refractivity contribution in [3.63, 3.8) is 0 Å². The first kappa shape index (κ1) is 19.4. The van der Waals surface area contributed by atoms with Crippen LogP contribution in [0.25, 0.3) is 0 Å². The van der Waals surface area contributed by atoms with Crippen molar-refractivity contribution in [2.45, 2.75) is 18.6 Å². The second-order valence-corrected chi connectivity index (χ2v) is 6.82. The average molecular weight is 403 g/mol. The van der Waals surface area contributed by atoms with Crippen LogP contribution < -0.4 is 20.1 Å². The summed E-state index contributed by atoms with van der Waals surface area (Å²) in [6.07, 6.45) is 1.07. The molecule has 0 saturated carbocycles. The Bertz CT molecular complexity index is 1010. The fraction of sp³-hybridized carbons (Fsp3) is 0.174.